The molecular weight excluding hydrogens is 459 g/mol. The number of nitrogens with zero attached hydrogens (tertiary/aromatic N) is 1. The Morgan fingerprint density at radius 3 is 2.61 bits per heavy atom. The standard InChI is InChI=1S/C26H32ClFN2O2S/c1-18-8-6-9-20(14-18)15-30(19(2)26(32)29-21-10-4-3-5-11-21)25(31)17-33-16-22-23(27)12-7-13-24(22)28/h6-9,12-14,19,21H,3-5,10-11,15-17H2,1-2H3,(H,29,32). The lowest BCUT2D eigenvalue weighted by molar-refractivity contribution is -0.139. The van der Waals surface area contributed by atoms with Gasteiger partial charge in [-0.15, -0.1) is 11.8 Å². The molecule has 7 heteroatoms. The zero-order valence-electron chi connectivity index (χ0n) is 19.3. The van der Waals surface area contributed by atoms with Gasteiger partial charge in [0.25, 0.3) is 0 Å². The van der Waals surface area contributed by atoms with E-state index in [0.717, 1.165) is 36.8 Å². The van der Waals surface area contributed by atoms with E-state index in [9.17, 15) is 14.0 Å². The van der Waals surface area contributed by atoms with Crippen LogP contribution < -0.4 is 5.32 Å². The number of aryl methyl sites for hydroxylation is 1. The maximum Gasteiger partial charge on any atom is 0.242 e. The molecule has 4 nitrogen and oxygen atoms in total. The van der Waals surface area contributed by atoms with E-state index < -0.39 is 6.04 Å². The summed E-state index contributed by atoms with van der Waals surface area (Å²) in [6.45, 7) is 4.13. The van der Waals surface area contributed by atoms with Crippen molar-refractivity contribution < 1.29 is 14.0 Å². The number of hydrogen-bond donors (Lipinski definition) is 1. The Morgan fingerprint density at radius 2 is 1.91 bits per heavy atom. The van der Waals surface area contributed by atoms with Crippen LogP contribution in [0.5, 0.6) is 0 Å². The number of carbonyl (C=O) groups is 2. The first kappa shape index (κ1) is 25.6. The van der Waals surface area contributed by atoms with Crippen molar-refractivity contribution in [3.8, 4) is 0 Å². The molecule has 0 aromatic heterocycles. The van der Waals surface area contributed by atoms with E-state index in [-0.39, 0.29) is 35.2 Å². The Balaban J connectivity index is 1.68. The van der Waals surface area contributed by atoms with Gasteiger partial charge in [0.1, 0.15) is 11.9 Å². The van der Waals surface area contributed by atoms with Crippen molar-refractivity contribution in [3.63, 3.8) is 0 Å². The van der Waals surface area contributed by atoms with E-state index in [1.807, 2.05) is 31.2 Å². The molecule has 0 saturated heterocycles. The van der Waals surface area contributed by atoms with E-state index in [2.05, 4.69) is 5.32 Å². The molecule has 1 aliphatic carbocycles. The number of carbonyl (C=O) groups excluding carboxylic acids is 2. The van der Waals surface area contributed by atoms with Crippen LogP contribution in [0, 0.1) is 12.7 Å². The van der Waals surface area contributed by atoms with E-state index in [1.165, 1.54) is 24.2 Å². The van der Waals surface area contributed by atoms with Crippen LogP contribution in [-0.4, -0.2) is 34.6 Å². The minimum atomic E-state index is -0.599. The molecular formula is C26H32ClFN2O2S. The topological polar surface area (TPSA) is 49.4 Å². The first-order valence-electron chi connectivity index (χ1n) is 11.5. The van der Waals surface area contributed by atoms with Gasteiger partial charge in [0.2, 0.25) is 11.8 Å². The van der Waals surface area contributed by atoms with E-state index in [4.69, 9.17) is 11.6 Å². The monoisotopic (exact) mass is 490 g/mol. The number of amides is 2. The Bertz CT molecular complexity index is 945. The summed E-state index contributed by atoms with van der Waals surface area (Å²) >= 11 is 7.41. The molecule has 2 aromatic carbocycles. The van der Waals surface area contributed by atoms with Crippen LogP contribution in [0.25, 0.3) is 0 Å². The van der Waals surface area contributed by atoms with Gasteiger partial charge in [-0.05, 0) is 44.4 Å². The molecule has 0 heterocycles. The molecule has 0 spiro atoms. The molecule has 2 aromatic rings. The lowest BCUT2D eigenvalue weighted by Gasteiger charge is -2.31. The zero-order chi connectivity index (χ0) is 23.8. The van der Waals surface area contributed by atoms with Gasteiger partial charge in [-0.1, -0.05) is 66.8 Å². The van der Waals surface area contributed by atoms with Crippen LogP contribution in [0.1, 0.15) is 55.7 Å². The smallest absolute Gasteiger partial charge is 0.242 e. The molecule has 2 amide bonds. The summed E-state index contributed by atoms with van der Waals surface area (Å²) in [6, 6.07) is 12.1. The highest BCUT2D eigenvalue weighted by Gasteiger charge is 2.28. The van der Waals surface area contributed by atoms with Gasteiger partial charge in [-0.3, -0.25) is 9.59 Å². The third-order valence-corrected chi connectivity index (χ3v) is 7.39. The van der Waals surface area contributed by atoms with Gasteiger partial charge in [0.15, 0.2) is 0 Å². The second kappa shape index (κ2) is 12.4. The van der Waals surface area contributed by atoms with Crippen LogP contribution in [-0.2, 0) is 21.9 Å². The Kier molecular flexibility index (Phi) is 9.63. The highest BCUT2D eigenvalue weighted by molar-refractivity contribution is 7.99. The summed E-state index contributed by atoms with van der Waals surface area (Å²) in [5, 5.41) is 3.49. The van der Waals surface area contributed by atoms with Crippen molar-refractivity contribution in [2.75, 3.05) is 5.75 Å². The fourth-order valence-electron chi connectivity index (χ4n) is 4.15. The molecule has 1 atom stereocenters. The van der Waals surface area contributed by atoms with E-state index in [1.54, 1.807) is 24.0 Å². The van der Waals surface area contributed by atoms with Crippen molar-refractivity contribution in [2.45, 2.75) is 70.3 Å². The summed E-state index contributed by atoms with van der Waals surface area (Å²) in [4.78, 5) is 27.9. The Hall–Kier alpha value is -2.05. The summed E-state index contributed by atoms with van der Waals surface area (Å²) in [7, 11) is 0. The summed E-state index contributed by atoms with van der Waals surface area (Å²) in [6.07, 6.45) is 5.44. The predicted molar refractivity (Wildman–Crippen MR) is 134 cm³/mol. The second-order valence-electron chi connectivity index (χ2n) is 8.72. The molecule has 0 radical (unpaired) electrons. The number of hydrogen-bond acceptors (Lipinski definition) is 3. The molecule has 1 fully saturated rings. The van der Waals surface area contributed by atoms with Crippen molar-refractivity contribution >= 4 is 35.2 Å². The van der Waals surface area contributed by atoms with Crippen molar-refractivity contribution in [1.29, 1.82) is 0 Å². The van der Waals surface area contributed by atoms with Gasteiger partial charge in [-0.2, -0.15) is 0 Å². The van der Waals surface area contributed by atoms with Gasteiger partial charge in [0, 0.05) is 28.9 Å². The number of nitrogens with one attached hydrogen (secondary N) is 1. The fraction of sp³-hybridized carbons (Fsp3) is 0.462. The van der Waals surface area contributed by atoms with Crippen molar-refractivity contribution in [2.24, 2.45) is 0 Å². The van der Waals surface area contributed by atoms with Gasteiger partial charge >= 0.3 is 0 Å². The van der Waals surface area contributed by atoms with Gasteiger partial charge in [-0.25, -0.2) is 4.39 Å². The SMILES string of the molecule is Cc1cccc(CN(C(=O)CSCc2c(F)cccc2Cl)C(C)C(=O)NC2CCCCC2)c1. The molecule has 1 N–H and O–H groups in total. The maximum absolute atomic E-state index is 14.1. The van der Waals surface area contributed by atoms with E-state index >= 15 is 0 Å². The molecule has 0 bridgehead atoms. The average Bonchev–Trinajstić information content (AvgIpc) is 2.79. The normalized spacial score (nSPS) is 15.2. The molecule has 1 saturated carbocycles. The van der Waals surface area contributed by atoms with Crippen LogP contribution in [0.3, 0.4) is 0 Å². The van der Waals surface area contributed by atoms with Gasteiger partial charge in [0.05, 0.1) is 5.75 Å². The minimum absolute atomic E-state index is 0.120. The maximum atomic E-state index is 14.1. The third-order valence-electron chi connectivity index (χ3n) is 6.09. The molecule has 3 rings (SSSR count). The van der Waals surface area contributed by atoms with Gasteiger partial charge < -0.3 is 10.2 Å². The molecule has 1 aliphatic rings. The molecule has 0 aliphatic heterocycles. The first-order valence-corrected chi connectivity index (χ1v) is 13.0. The number of halogens is 2. The highest BCUT2D eigenvalue weighted by atomic mass is 35.5. The predicted octanol–water partition coefficient (Wildman–Crippen LogP) is 5.89. The first-order chi connectivity index (χ1) is 15.8. The zero-order valence-corrected chi connectivity index (χ0v) is 20.9. The largest absolute Gasteiger partial charge is 0.352 e. The second-order valence-corrected chi connectivity index (χ2v) is 10.1. The fourth-order valence-corrected chi connectivity index (χ4v) is 5.40. The van der Waals surface area contributed by atoms with E-state index in [0.29, 0.717) is 17.1 Å². The highest BCUT2D eigenvalue weighted by Crippen LogP contribution is 2.25. The Morgan fingerprint density at radius 1 is 1.18 bits per heavy atom. The van der Waals surface area contributed by atoms with Crippen molar-refractivity contribution in [3.05, 3.63) is 70.0 Å². The van der Waals surface area contributed by atoms with Crippen LogP contribution in [0.4, 0.5) is 4.39 Å². The lowest BCUT2D eigenvalue weighted by atomic mass is 9.95. The van der Waals surface area contributed by atoms with Crippen LogP contribution in [0.2, 0.25) is 5.02 Å². The van der Waals surface area contributed by atoms with Crippen LogP contribution >= 0.6 is 23.4 Å². The number of benzene rings is 2. The minimum Gasteiger partial charge on any atom is -0.352 e. The quantitative estimate of drug-likeness (QED) is 0.477. The Labute approximate surface area is 205 Å². The lowest BCUT2D eigenvalue weighted by Crippen LogP contribution is -2.50. The summed E-state index contributed by atoms with van der Waals surface area (Å²) < 4.78 is 14.1. The third kappa shape index (κ3) is 7.47. The molecule has 178 valence electrons. The summed E-state index contributed by atoms with van der Waals surface area (Å²) in [5.41, 5.74) is 2.47. The number of rotatable bonds is 9. The number of thioether (sulfide) groups is 1. The average molecular weight is 491 g/mol. The van der Waals surface area contributed by atoms with Crippen molar-refractivity contribution in [1.82, 2.24) is 10.2 Å². The molecule has 1 unspecified atom stereocenters. The van der Waals surface area contributed by atoms with Crippen LogP contribution in [0.15, 0.2) is 42.5 Å². The summed E-state index contributed by atoms with van der Waals surface area (Å²) in [5.74, 6) is -0.222. The molecule has 33 heavy (non-hydrogen) atoms.